The van der Waals surface area contributed by atoms with Crippen molar-refractivity contribution in [2.45, 2.75) is 18.6 Å². The van der Waals surface area contributed by atoms with Crippen molar-refractivity contribution in [1.82, 2.24) is 0 Å². The summed E-state index contributed by atoms with van der Waals surface area (Å²) < 4.78 is 41.3. The number of benzene rings is 1. The van der Waals surface area contributed by atoms with E-state index < -0.39 is 18.6 Å². The minimum absolute atomic E-state index is 0. The average Bonchev–Trinajstić information content (AvgIpc) is 2.14. The van der Waals surface area contributed by atoms with Gasteiger partial charge in [-0.1, -0.05) is 6.07 Å². The minimum Gasteiger partial charge on any atom is -0.508 e. The van der Waals surface area contributed by atoms with Crippen LogP contribution in [0.2, 0.25) is 0 Å². The van der Waals surface area contributed by atoms with Gasteiger partial charge in [0.2, 0.25) is 0 Å². The van der Waals surface area contributed by atoms with E-state index in [0.29, 0.717) is 0 Å². The van der Waals surface area contributed by atoms with Crippen LogP contribution in [0.15, 0.2) is 18.2 Å². The molecule has 0 aromatic heterocycles. The minimum atomic E-state index is -4.33. The molecular weight excluding hydrogens is 259 g/mol. The van der Waals surface area contributed by atoms with Gasteiger partial charge >= 0.3 is 6.18 Å². The van der Waals surface area contributed by atoms with Gasteiger partial charge in [-0.05, 0) is 6.07 Å². The Labute approximate surface area is 103 Å². The van der Waals surface area contributed by atoms with E-state index in [0.717, 1.165) is 0 Å². The van der Waals surface area contributed by atoms with E-state index >= 15 is 0 Å². The first-order chi connectivity index (χ1) is 7.33. The quantitative estimate of drug-likeness (QED) is 0.889. The third kappa shape index (κ3) is 4.70. The van der Waals surface area contributed by atoms with E-state index in [1.54, 1.807) is 0 Å². The Balaban J connectivity index is 0.00000256. The highest BCUT2D eigenvalue weighted by molar-refractivity contribution is 5.85. The molecule has 3 nitrogen and oxygen atoms in total. The largest absolute Gasteiger partial charge is 0.508 e. The summed E-state index contributed by atoms with van der Waals surface area (Å²) in [4.78, 5) is 0. The smallest absolute Gasteiger partial charge is 0.390 e. The molecular formula is C10H13ClF3NO2. The number of halogens is 4. The van der Waals surface area contributed by atoms with E-state index in [-0.39, 0.29) is 29.5 Å². The van der Waals surface area contributed by atoms with Crippen molar-refractivity contribution in [2.75, 3.05) is 7.11 Å². The highest BCUT2D eigenvalue weighted by Crippen LogP contribution is 2.34. The molecule has 1 atom stereocenters. The molecule has 0 amide bonds. The Kier molecular flexibility index (Phi) is 5.57. The summed E-state index contributed by atoms with van der Waals surface area (Å²) >= 11 is 0. The SMILES string of the molecule is COc1cc(O)ccc1[C@@H](N)CC(F)(F)F.Cl. The third-order valence-corrected chi connectivity index (χ3v) is 2.07. The van der Waals surface area contributed by atoms with Crippen molar-refractivity contribution >= 4 is 12.4 Å². The highest BCUT2D eigenvalue weighted by atomic mass is 35.5. The Morgan fingerprint density at radius 2 is 2.00 bits per heavy atom. The molecule has 0 radical (unpaired) electrons. The van der Waals surface area contributed by atoms with Gasteiger partial charge in [-0.25, -0.2) is 0 Å². The zero-order chi connectivity index (χ0) is 12.3. The van der Waals surface area contributed by atoms with Crippen molar-refractivity contribution in [3.63, 3.8) is 0 Å². The van der Waals surface area contributed by atoms with Crippen LogP contribution in [0.3, 0.4) is 0 Å². The van der Waals surface area contributed by atoms with Crippen LogP contribution in [-0.2, 0) is 0 Å². The molecule has 7 heteroatoms. The molecule has 0 aliphatic carbocycles. The summed E-state index contributed by atoms with van der Waals surface area (Å²) in [6.45, 7) is 0. The molecule has 0 fully saturated rings. The fourth-order valence-electron chi connectivity index (χ4n) is 1.37. The summed E-state index contributed by atoms with van der Waals surface area (Å²) in [5.74, 6) is 0.0663. The predicted molar refractivity (Wildman–Crippen MR) is 59.5 cm³/mol. The Morgan fingerprint density at radius 1 is 1.41 bits per heavy atom. The van der Waals surface area contributed by atoms with Gasteiger partial charge in [-0.2, -0.15) is 13.2 Å². The van der Waals surface area contributed by atoms with Crippen molar-refractivity contribution < 1.29 is 23.0 Å². The third-order valence-electron chi connectivity index (χ3n) is 2.07. The van der Waals surface area contributed by atoms with Crippen LogP contribution in [0.5, 0.6) is 11.5 Å². The van der Waals surface area contributed by atoms with Gasteiger partial charge in [0.1, 0.15) is 11.5 Å². The normalized spacial score (nSPS) is 12.8. The molecule has 1 aromatic rings. The second-order valence-electron chi connectivity index (χ2n) is 3.35. The van der Waals surface area contributed by atoms with Crippen LogP contribution < -0.4 is 10.5 Å². The first-order valence-electron chi connectivity index (χ1n) is 4.52. The van der Waals surface area contributed by atoms with Crippen LogP contribution in [0.1, 0.15) is 18.0 Å². The van der Waals surface area contributed by atoms with Gasteiger partial charge in [0.05, 0.1) is 13.5 Å². The molecule has 0 saturated carbocycles. The van der Waals surface area contributed by atoms with Crippen molar-refractivity contribution in [1.29, 1.82) is 0 Å². The number of alkyl halides is 3. The zero-order valence-corrected chi connectivity index (χ0v) is 9.81. The van der Waals surface area contributed by atoms with Crippen LogP contribution in [-0.4, -0.2) is 18.4 Å². The van der Waals surface area contributed by atoms with E-state index in [4.69, 9.17) is 15.6 Å². The van der Waals surface area contributed by atoms with Crippen LogP contribution in [0.4, 0.5) is 13.2 Å². The fraction of sp³-hybridized carbons (Fsp3) is 0.400. The fourth-order valence-corrected chi connectivity index (χ4v) is 1.37. The van der Waals surface area contributed by atoms with Crippen molar-refractivity contribution in [2.24, 2.45) is 5.73 Å². The lowest BCUT2D eigenvalue weighted by Crippen LogP contribution is -2.20. The van der Waals surface area contributed by atoms with Crippen molar-refractivity contribution in [3.05, 3.63) is 23.8 Å². The lowest BCUT2D eigenvalue weighted by Gasteiger charge is -2.17. The number of methoxy groups -OCH3 is 1. The molecule has 17 heavy (non-hydrogen) atoms. The lowest BCUT2D eigenvalue weighted by atomic mass is 10.0. The molecule has 0 heterocycles. The van der Waals surface area contributed by atoms with Crippen LogP contribution >= 0.6 is 12.4 Å². The summed E-state index contributed by atoms with van der Waals surface area (Å²) in [6, 6.07) is 2.63. The number of ether oxygens (including phenoxy) is 1. The highest BCUT2D eigenvalue weighted by Gasteiger charge is 2.31. The first-order valence-corrected chi connectivity index (χ1v) is 4.52. The molecule has 0 saturated heterocycles. The first kappa shape index (κ1) is 15.9. The number of aromatic hydroxyl groups is 1. The Bertz CT molecular complexity index is 371. The van der Waals surface area contributed by atoms with E-state index in [2.05, 4.69) is 0 Å². The van der Waals surface area contributed by atoms with Crippen molar-refractivity contribution in [3.8, 4) is 11.5 Å². The number of phenolic OH excluding ortho intramolecular Hbond substituents is 1. The molecule has 3 N–H and O–H groups in total. The molecule has 1 rings (SSSR count). The molecule has 0 unspecified atom stereocenters. The Hall–Kier alpha value is -1.14. The van der Waals surface area contributed by atoms with E-state index in [1.165, 1.54) is 25.3 Å². The van der Waals surface area contributed by atoms with Crippen LogP contribution in [0.25, 0.3) is 0 Å². The topological polar surface area (TPSA) is 55.5 Å². The summed E-state index contributed by atoms with van der Waals surface area (Å²) in [5, 5.41) is 9.14. The Morgan fingerprint density at radius 3 is 2.47 bits per heavy atom. The van der Waals surface area contributed by atoms with E-state index in [1.807, 2.05) is 0 Å². The molecule has 0 spiro atoms. The summed E-state index contributed by atoms with van der Waals surface area (Å²) in [5.41, 5.74) is 5.65. The lowest BCUT2D eigenvalue weighted by molar-refractivity contribution is -0.138. The van der Waals surface area contributed by atoms with E-state index in [9.17, 15) is 13.2 Å². The van der Waals surface area contributed by atoms with Gasteiger partial charge in [0.15, 0.2) is 0 Å². The average molecular weight is 272 g/mol. The number of nitrogens with two attached hydrogens (primary N) is 1. The second-order valence-corrected chi connectivity index (χ2v) is 3.35. The standard InChI is InChI=1S/C10H12F3NO2.ClH/c1-16-9-4-6(15)2-3-7(9)8(14)5-10(11,12)13;/h2-4,8,15H,5,14H2,1H3;1H/t8-;/m0./s1. The van der Waals surface area contributed by atoms with Gasteiger partial charge in [0.25, 0.3) is 0 Å². The number of phenols is 1. The number of hydrogen-bond donors (Lipinski definition) is 2. The summed E-state index contributed by atoms with van der Waals surface area (Å²) in [7, 11) is 1.30. The molecule has 1 aromatic carbocycles. The molecule has 0 bridgehead atoms. The zero-order valence-electron chi connectivity index (χ0n) is 8.99. The van der Waals surface area contributed by atoms with Gasteiger partial charge in [-0.15, -0.1) is 12.4 Å². The number of rotatable bonds is 3. The van der Waals surface area contributed by atoms with Gasteiger partial charge < -0.3 is 15.6 Å². The predicted octanol–water partition coefficient (Wildman–Crippen LogP) is 2.77. The maximum atomic E-state index is 12.1. The maximum Gasteiger partial charge on any atom is 0.390 e. The maximum absolute atomic E-state index is 12.1. The monoisotopic (exact) mass is 271 g/mol. The summed E-state index contributed by atoms with van der Waals surface area (Å²) in [6.07, 6.45) is -5.46. The van der Waals surface area contributed by atoms with Gasteiger partial charge in [-0.3, -0.25) is 0 Å². The second kappa shape index (κ2) is 5.97. The molecule has 0 aliphatic heterocycles. The van der Waals surface area contributed by atoms with Crippen LogP contribution in [0, 0.1) is 0 Å². The van der Waals surface area contributed by atoms with Gasteiger partial charge in [0, 0.05) is 17.7 Å². The molecule has 0 aliphatic rings. The number of hydrogen-bond acceptors (Lipinski definition) is 3. The molecule has 98 valence electrons.